The molecule has 7 heteroatoms. The molecule has 1 aromatic carbocycles. The number of ether oxygens (including phenoxy) is 1. The van der Waals surface area contributed by atoms with Gasteiger partial charge in [-0.15, -0.1) is 24.0 Å². The van der Waals surface area contributed by atoms with Crippen molar-refractivity contribution in [1.82, 2.24) is 10.6 Å². The highest BCUT2D eigenvalue weighted by Gasteiger charge is 2.34. The third-order valence-corrected chi connectivity index (χ3v) is 6.94. The van der Waals surface area contributed by atoms with E-state index in [1.165, 1.54) is 19.3 Å². The van der Waals surface area contributed by atoms with Gasteiger partial charge in [0.2, 0.25) is 0 Å². The molecule has 1 aliphatic carbocycles. The van der Waals surface area contributed by atoms with Crippen LogP contribution in [0.25, 0.3) is 0 Å². The first-order valence-electron chi connectivity index (χ1n) is 10.1. The smallest absolute Gasteiger partial charge is 0.191 e. The number of thioether (sulfide) groups is 1. The van der Waals surface area contributed by atoms with Crippen LogP contribution < -0.4 is 10.6 Å². The van der Waals surface area contributed by atoms with Gasteiger partial charge in [0, 0.05) is 36.5 Å². The van der Waals surface area contributed by atoms with Crippen molar-refractivity contribution in [3.63, 3.8) is 0 Å². The Kier molecular flexibility index (Phi) is 9.83. The monoisotopic (exact) mass is 521 g/mol. The van der Waals surface area contributed by atoms with Crippen LogP contribution in [0.4, 0.5) is 4.39 Å². The minimum atomic E-state index is -0.191. The topological polar surface area (TPSA) is 45.7 Å². The molecule has 158 valence electrons. The lowest BCUT2D eigenvalue weighted by molar-refractivity contribution is 0.0530. The SMILES string of the molecule is CCNC(=NCC1(c2ccc(F)cc2)CCOCC1)NC1CCC(SC)C1.I. The quantitative estimate of drug-likeness (QED) is 0.333. The van der Waals surface area contributed by atoms with Gasteiger partial charge in [0.15, 0.2) is 5.96 Å². The summed E-state index contributed by atoms with van der Waals surface area (Å²) >= 11 is 1.97. The first kappa shape index (κ1) is 23.7. The summed E-state index contributed by atoms with van der Waals surface area (Å²) in [5.74, 6) is 0.710. The molecule has 0 bridgehead atoms. The van der Waals surface area contributed by atoms with Crippen LogP contribution in [0.2, 0.25) is 0 Å². The molecule has 0 spiro atoms. The summed E-state index contributed by atoms with van der Waals surface area (Å²) in [6.07, 6.45) is 7.70. The van der Waals surface area contributed by atoms with Crippen LogP contribution in [0.5, 0.6) is 0 Å². The maximum absolute atomic E-state index is 13.4. The molecule has 28 heavy (non-hydrogen) atoms. The number of hydrogen-bond donors (Lipinski definition) is 2. The van der Waals surface area contributed by atoms with E-state index in [0.29, 0.717) is 12.6 Å². The molecule has 0 amide bonds. The van der Waals surface area contributed by atoms with Crippen LogP contribution in [-0.4, -0.2) is 49.8 Å². The maximum atomic E-state index is 13.4. The summed E-state index contributed by atoms with van der Waals surface area (Å²) in [7, 11) is 0. The van der Waals surface area contributed by atoms with Gasteiger partial charge in [-0.3, -0.25) is 4.99 Å². The first-order valence-corrected chi connectivity index (χ1v) is 11.4. The molecule has 1 heterocycles. The number of aliphatic imine (C=N–C) groups is 1. The van der Waals surface area contributed by atoms with E-state index in [-0.39, 0.29) is 35.2 Å². The fourth-order valence-corrected chi connectivity index (χ4v) is 4.93. The van der Waals surface area contributed by atoms with Crippen molar-refractivity contribution in [1.29, 1.82) is 0 Å². The second kappa shape index (κ2) is 11.6. The van der Waals surface area contributed by atoms with Gasteiger partial charge in [-0.2, -0.15) is 11.8 Å². The molecule has 4 nitrogen and oxygen atoms in total. The minimum absolute atomic E-state index is 0. The van der Waals surface area contributed by atoms with Gasteiger partial charge in [0.1, 0.15) is 5.82 Å². The number of hydrogen-bond acceptors (Lipinski definition) is 3. The molecule has 1 aromatic rings. The molecular formula is C21H33FIN3OS. The molecule has 2 unspecified atom stereocenters. The molecule has 2 atom stereocenters. The van der Waals surface area contributed by atoms with Crippen LogP contribution in [0.15, 0.2) is 29.3 Å². The van der Waals surface area contributed by atoms with Crippen LogP contribution >= 0.6 is 35.7 Å². The number of nitrogens with one attached hydrogen (secondary N) is 2. The Morgan fingerprint density at radius 2 is 1.96 bits per heavy atom. The third kappa shape index (κ3) is 6.23. The highest BCUT2D eigenvalue weighted by molar-refractivity contribution is 14.0. The zero-order chi connectivity index (χ0) is 19.1. The van der Waals surface area contributed by atoms with Gasteiger partial charge in [0.25, 0.3) is 0 Å². The molecule has 0 radical (unpaired) electrons. The number of guanidine groups is 1. The lowest BCUT2D eigenvalue weighted by Gasteiger charge is -2.36. The number of nitrogens with zero attached hydrogens (tertiary/aromatic N) is 1. The van der Waals surface area contributed by atoms with Gasteiger partial charge in [-0.1, -0.05) is 12.1 Å². The summed E-state index contributed by atoms with van der Waals surface area (Å²) in [5.41, 5.74) is 1.08. The maximum Gasteiger partial charge on any atom is 0.191 e. The van der Waals surface area contributed by atoms with Crippen LogP contribution in [0.1, 0.15) is 44.6 Å². The first-order chi connectivity index (χ1) is 13.1. The van der Waals surface area contributed by atoms with E-state index in [1.807, 2.05) is 23.9 Å². The van der Waals surface area contributed by atoms with E-state index in [9.17, 15) is 4.39 Å². The lowest BCUT2D eigenvalue weighted by atomic mass is 9.74. The predicted molar refractivity (Wildman–Crippen MR) is 128 cm³/mol. The fraction of sp³-hybridized carbons (Fsp3) is 0.667. The van der Waals surface area contributed by atoms with E-state index in [0.717, 1.165) is 49.4 Å². The van der Waals surface area contributed by atoms with Crippen LogP contribution in [0, 0.1) is 5.82 Å². The van der Waals surface area contributed by atoms with Crippen molar-refractivity contribution in [2.24, 2.45) is 4.99 Å². The zero-order valence-corrected chi connectivity index (χ0v) is 20.0. The molecule has 1 aliphatic heterocycles. The number of benzene rings is 1. The van der Waals surface area contributed by atoms with Crippen molar-refractivity contribution in [2.75, 3.05) is 32.6 Å². The average molecular weight is 521 g/mol. The fourth-order valence-electron chi connectivity index (χ4n) is 4.13. The standard InChI is InChI=1S/C21H32FN3OS.HI/c1-3-23-20(25-18-8-9-19(14-18)27-2)24-15-21(10-12-26-13-11-21)16-4-6-17(22)7-5-16;/h4-7,18-19H,3,8-15H2,1-2H3,(H2,23,24,25);1H. The van der Waals surface area contributed by atoms with Crippen molar-refractivity contribution >= 4 is 41.7 Å². The molecule has 2 aliphatic rings. The van der Waals surface area contributed by atoms with Crippen LogP contribution in [0.3, 0.4) is 0 Å². The van der Waals surface area contributed by atoms with Crippen molar-refractivity contribution < 1.29 is 9.13 Å². The van der Waals surface area contributed by atoms with E-state index in [2.05, 4.69) is 23.8 Å². The summed E-state index contributed by atoms with van der Waals surface area (Å²) in [5, 5.41) is 7.79. The van der Waals surface area contributed by atoms with Gasteiger partial charge >= 0.3 is 0 Å². The van der Waals surface area contributed by atoms with E-state index < -0.39 is 0 Å². The van der Waals surface area contributed by atoms with Gasteiger partial charge in [0.05, 0.1) is 6.54 Å². The molecule has 1 saturated heterocycles. The van der Waals surface area contributed by atoms with Crippen LogP contribution in [-0.2, 0) is 10.2 Å². The molecule has 0 aromatic heterocycles. The highest BCUT2D eigenvalue weighted by Crippen LogP contribution is 2.35. The average Bonchev–Trinajstić information content (AvgIpc) is 3.15. The van der Waals surface area contributed by atoms with E-state index >= 15 is 0 Å². The van der Waals surface area contributed by atoms with E-state index in [1.54, 1.807) is 12.1 Å². The Bertz CT molecular complexity index is 623. The summed E-state index contributed by atoms with van der Waals surface area (Å²) in [4.78, 5) is 4.96. The number of rotatable bonds is 6. The Balaban J connectivity index is 0.00000280. The Hall–Kier alpha value is -0.540. The summed E-state index contributed by atoms with van der Waals surface area (Å²) in [6.45, 7) is 5.09. The third-order valence-electron chi connectivity index (χ3n) is 5.85. The molecular weight excluding hydrogens is 488 g/mol. The second-order valence-electron chi connectivity index (χ2n) is 7.61. The van der Waals surface area contributed by atoms with Gasteiger partial charge in [-0.25, -0.2) is 4.39 Å². The summed E-state index contributed by atoms with van der Waals surface area (Å²) < 4.78 is 19.0. The van der Waals surface area contributed by atoms with Crippen molar-refractivity contribution in [2.45, 2.75) is 55.7 Å². The highest BCUT2D eigenvalue weighted by atomic mass is 127. The largest absolute Gasteiger partial charge is 0.381 e. The molecule has 2 fully saturated rings. The Labute approximate surface area is 189 Å². The Morgan fingerprint density at radius 1 is 1.25 bits per heavy atom. The summed E-state index contributed by atoms with van der Waals surface area (Å²) in [6, 6.07) is 7.44. The second-order valence-corrected chi connectivity index (χ2v) is 8.74. The van der Waals surface area contributed by atoms with E-state index in [4.69, 9.17) is 9.73 Å². The molecule has 3 rings (SSSR count). The molecule has 1 saturated carbocycles. The number of halogens is 2. The Morgan fingerprint density at radius 3 is 2.57 bits per heavy atom. The van der Waals surface area contributed by atoms with Crippen molar-refractivity contribution in [3.05, 3.63) is 35.6 Å². The normalized spacial score (nSPS) is 24.5. The lowest BCUT2D eigenvalue weighted by Crippen LogP contribution is -2.44. The minimum Gasteiger partial charge on any atom is -0.381 e. The zero-order valence-electron chi connectivity index (χ0n) is 16.9. The van der Waals surface area contributed by atoms with Gasteiger partial charge < -0.3 is 15.4 Å². The van der Waals surface area contributed by atoms with Gasteiger partial charge in [-0.05, 0) is 63.0 Å². The molecule has 2 N–H and O–H groups in total. The van der Waals surface area contributed by atoms with Crippen molar-refractivity contribution in [3.8, 4) is 0 Å². The predicted octanol–water partition coefficient (Wildman–Crippen LogP) is 4.33.